The molecule has 1 aliphatic heterocycles. The number of piperidine rings is 1. The normalized spacial score (nSPS) is 16.6. The van der Waals surface area contributed by atoms with Gasteiger partial charge in [0, 0.05) is 35.3 Å². The van der Waals surface area contributed by atoms with E-state index in [0.717, 1.165) is 23.7 Å². The maximum absolute atomic E-state index is 15.6. The first-order valence-corrected chi connectivity index (χ1v) is 13.4. The Kier molecular flexibility index (Phi) is 8.98. The van der Waals surface area contributed by atoms with Crippen molar-refractivity contribution in [2.24, 2.45) is 5.41 Å². The number of pyridine rings is 1. The lowest BCUT2D eigenvalue weighted by molar-refractivity contribution is -0.153. The van der Waals surface area contributed by atoms with Crippen molar-refractivity contribution >= 4 is 40.2 Å². The summed E-state index contributed by atoms with van der Waals surface area (Å²) >= 11 is 8.02. The zero-order chi connectivity index (χ0) is 25.5. The lowest BCUT2D eigenvalue weighted by Gasteiger charge is -2.39. The Bertz CT molecular complexity index is 1180. The van der Waals surface area contributed by atoms with Crippen LogP contribution in [-0.2, 0) is 4.79 Å². The van der Waals surface area contributed by atoms with E-state index >= 15 is 4.39 Å². The van der Waals surface area contributed by atoms with Gasteiger partial charge in [-0.25, -0.2) is 9.37 Å². The lowest BCUT2D eigenvalue weighted by Crippen LogP contribution is -2.44. The highest BCUT2D eigenvalue weighted by molar-refractivity contribution is 7.99. The molecule has 0 amide bonds. The molecule has 192 valence electrons. The van der Waals surface area contributed by atoms with Gasteiger partial charge in [-0.15, -0.1) is 11.8 Å². The van der Waals surface area contributed by atoms with Crippen molar-refractivity contribution in [1.29, 1.82) is 0 Å². The second-order valence-corrected chi connectivity index (χ2v) is 10.6. The van der Waals surface area contributed by atoms with Gasteiger partial charge < -0.3 is 14.7 Å². The van der Waals surface area contributed by atoms with Gasteiger partial charge in [-0.1, -0.05) is 11.6 Å². The van der Waals surface area contributed by atoms with Crippen LogP contribution in [0.1, 0.15) is 43.8 Å². The minimum Gasteiger partial charge on any atom is -0.497 e. The first-order chi connectivity index (χ1) is 17.4. The molecule has 1 atom stereocenters. The van der Waals surface area contributed by atoms with E-state index in [-0.39, 0.29) is 17.9 Å². The van der Waals surface area contributed by atoms with E-state index in [1.807, 2.05) is 0 Å². The second-order valence-electron chi connectivity index (χ2n) is 9.08. The Morgan fingerprint density at radius 3 is 2.78 bits per heavy atom. The summed E-state index contributed by atoms with van der Waals surface area (Å²) in [7, 11) is 1.55. The number of carbonyl (C=O) groups is 1. The molecule has 1 fully saturated rings. The molecule has 36 heavy (non-hydrogen) atoms. The Morgan fingerprint density at radius 1 is 1.28 bits per heavy atom. The summed E-state index contributed by atoms with van der Waals surface area (Å²) in [6.07, 6.45) is 7.46. The van der Waals surface area contributed by atoms with Gasteiger partial charge in [0.15, 0.2) is 0 Å². The number of benzene rings is 1. The van der Waals surface area contributed by atoms with Crippen LogP contribution in [0.4, 0.5) is 4.39 Å². The number of carboxylic acid groups (broad SMARTS) is 1. The van der Waals surface area contributed by atoms with Gasteiger partial charge in [0.2, 0.25) is 0 Å². The Hall–Kier alpha value is -2.49. The molecule has 0 unspecified atom stereocenters. The molecule has 0 bridgehead atoms. The fourth-order valence-corrected chi connectivity index (χ4v) is 5.78. The van der Waals surface area contributed by atoms with Gasteiger partial charge in [-0.2, -0.15) is 0 Å². The number of aromatic nitrogens is 3. The fourth-order valence-electron chi connectivity index (χ4n) is 4.76. The van der Waals surface area contributed by atoms with Gasteiger partial charge in [0.05, 0.1) is 29.3 Å². The van der Waals surface area contributed by atoms with Crippen LogP contribution in [0.3, 0.4) is 0 Å². The van der Waals surface area contributed by atoms with Gasteiger partial charge >= 0.3 is 5.97 Å². The zero-order valence-electron chi connectivity index (χ0n) is 20.2. The van der Waals surface area contributed by atoms with Crippen molar-refractivity contribution in [2.45, 2.75) is 43.3 Å². The summed E-state index contributed by atoms with van der Waals surface area (Å²) in [6.45, 7) is 2.28. The number of halogens is 2. The zero-order valence-corrected chi connectivity index (χ0v) is 21.8. The SMILES string of the molecule is COc1ccc2ncc(Cl)c([C@@H](F)CCC3(C(=O)O)CCN(CCCSc4cnccn4)CC3)c2c1. The predicted molar refractivity (Wildman–Crippen MR) is 140 cm³/mol. The van der Waals surface area contributed by atoms with Gasteiger partial charge in [0.25, 0.3) is 0 Å². The van der Waals surface area contributed by atoms with Crippen molar-refractivity contribution in [1.82, 2.24) is 19.9 Å². The van der Waals surface area contributed by atoms with E-state index in [0.29, 0.717) is 48.1 Å². The van der Waals surface area contributed by atoms with E-state index in [9.17, 15) is 9.90 Å². The first-order valence-electron chi connectivity index (χ1n) is 12.0. The number of nitrogens with zero attached hydrogens (tertiary/aromatic N) is 4. The molecule has 4 rings (SSSR count). The lowest BCUT2D eigenvalue weighted by atomic mass is 9.74. The van der Waals surface area contributed by atoms with E-state index in [1.54, 1.807) is 55.7 Å². The Labute approximate surface area is 219 Å². The van der Waals surface area contributed by atoms with Crippen molar-refractivity contribution in [2.75, 3.05) is 32.5 Å². The van der Waals surface area contributed by atoms with Crippen LogP contribution in [0.2, 0.25) is 5.02 Å². The largest absolute Gasteiger partial charge is 0.497 e. The van der Waals surface area contributed by atoms with Crippen molar-refractivity contribution < 1.29 is 19.0 Å². The topological polar surface area (TPSA) is 88.4 Å². The summed E-state index contributed by atoms with van der Waals surface area (Å²) in [4.78, 5) is 27.2. The van der Waals surface area contributed by atoms with E-state index in [2.05, 4.69) is 19.9 Å². The number of aliphatic carboxylic acids is 1. The number of hydrogen-bond acceptors (Lipinski definition) is 7. The number of ether oxygens (including phenoxy) is 1. The molecule has 1 aliphatic rings. The summed E-state index contributed by atoms with van der Waals surface area (Å²) in [5.41, 5.74) is 0.0399. The van der Waals surface area contributed by atoms with Crippen LogP contribution < -0.4 is 4.74 Å². The molecule has 1 aromatic carbocycles. The summed E-state index contributed by atoms with van der Waals surface area (Å²) in [6, 6.07) is 5.26. The van der Waals surface area contributed by atoms with Crippen LogP contribution in [0.25, 0.3) is 10.9 Å². The summed E-state index contributed by atoms with van der Waals surface area (Å²) < 4.78 is 20.9. The third-order valence-electron chi connectivity index (χ3n) is 6.93. The Balaban J connectivity index is 1.34. The average Bonchev–Trinajstić information content (AvgIpc) is 2.90. The minimum absolute atomic E-state index is 0.0805. The molecule has 7 nitrogen and oxygen atoms in total. The maximum Gasteiger partial charge on any atom is 0.309 e. The van der Waals surface area contributed by atoms with Gasteiger partial charge in [-0.3, -0.25) is 14.8 Å². The average molecular weight is 533 g/mol. The quantitative estimate of drug-likeness (QED) is 0.244. The fraction of sp³-hybridized carbons (Fsp3) is 0.462. The van der Waals surface area contributed by atoms with Crippen LogP contribution in [-0.4, -0.2) is 63.4 Å². The number of thioether (sulfide) groups is 1. The summed E-state index contributed by atoms with van der Waals surface area (Å²) in [5.74, 6) is 0.665. The maximum atomic E-state index is 15.6. The standard InChI is InChI=1S/C26H30ClFN4O3S/c1-35-18-3-4-22-19(15-18)24(20(27)16-31-22)21(28)5-6-26(25(33)34)7-12-32(13-8-26)11-2-14-36-23-17-29-9-10-30-23/h3-4,9-10,15-17,21H,2,5-8,11-14H2,1H3,(H,33,34)/t21-/m0/s1. The van der Waals surface area contributed by atoms with E-state index in [4.69, 9.17) is 16.3 Å². The molecule has 1 saturated heterocycles. The van der Waals surface area contributed by atoms with Crippen LogP contribution in [0, 0.1) is 5.41 Å². The highest BCUT2D eigenvalue weighted by Crippen LogP contribution is 2.42. The number of likely N-dealkylation sites (tertiary alicyclic amines) is 1. The minimum atomic E-state index is -1.40. The molecule has 1 N–H and O–H groups in total. The third-order valence-corrected chi connectivity index (χ3v) is 8.23. The molecule has 0 saturated carbocycles. The molecule has 0 spiro atoms. The van der Waals surface area contributed by atoms with Crippen LogP contribution in [0.15, 0.2) is 48.0 Å². The molecule has 3 heterocycles. The van der Waals surface area contributed by atoms with Gasteiger partial charge in [0.1, 0.15) is 16.9 Å². The number of methoxy groups -OCH3 is 1. The number of alkyl halides is 1. The van der Waals surface area contributed by atoms with Crippen LogP contribution >= 0.6 is 23.4 Å². The highest BCUT2D eigenvalue weighted by Gasteiger charge is 2.41. The van der Waals surface area contributed by atoms with Crippen LogP contribution in [0.5, 0.6) is 5.75 Å². The van der Waals surface area contributed by atoms with E-state index in [1.165, 1.54) is 6.20 Å². The number of rotatable bonds is 11. The van der Waals surface area contributed by atoms with Gasteiger partial charge in [-0.05, 0) is 69.9 Å². The second kappa shape index (κ2) is 12.2. The van der Waals surface area contributed by atoms with Crippen molar-refractivity contribution in [3.63, 3.8) is 0 Å². The smallest absolute Gasteiger partial charge is 0.309 e. The van der Waals surface area contributed by atoms with Crippen molar-refractivity contribution in [3.05, 3.63) is 53.6 Å². The Morgan fingerprint density at radius 2 is 2.08 bits per heavy atom. The number of carboxylic acids is 1. The molecule has 10 heteroatoms. The van der Waals surface area contributed by atoms with E-state index < -0.39 is 17.6 Å². The number of hydrogen-bond donors (Lipinski definition) is 1. The number of fused-ring (bicyclic) bond motifs is 1. The molecule has 3 aromatic rings. The molecule has 0 radical (unpaired) electrons. The monoisotopic (exact) mass is 532 g/mol. The summed E-state index contributed by atoms with van der Waals surface area (Å²) in [5, 5.41) is 11.8. The van der Waals surface area contributed by atoms with Crippen molar-refractivity contribution in [3.8, 4) is 5.75 Å². The molecular formula is C26H30ClFN4O3S. The predicted octanol–water partition coefficient (Wildman–Crippen LogP) is 5.83. The molecule has 2 aromatic heterocycles. The molecule has 0 aliphatic carbocycles. The first kappa shape index (κ1) is 26.6. The third kappa shape index (κ3) is 6.25. The molecular weight excluding hydrogens is 503 g/mol. The highest BCUT2D eigenvalue weighted by atomic mass is 35.5.